The average molecular weight is 353 g/mol. The molecule has 2 heterocycles. The first-order valence-electron chi connectivity index (χ1n) is 8.73. The van der Waals surface area contributed by atoms with E-state index in [1.165, 1.54) is 11.1 Å². The standard InChI is InChI=1S/C21H21ClN2O/c22-19-12-17-2-1-9-23-21(17)18(13-19)14-24-10-7-16(8-11-24)15-3-5-20(25)6-4-15/h1-6,9,12-13,16,25H,7-8,10-11,14H2. The number of pyridine rings is 1. The molecule has 3 aromatic rings. The van der Waals surface area contributed by atoms with Gasteiger partial charge in [0.2, 0.25) is 0 Å². The number of phenolic OH excluding ortho intramolecular Hbond substituents is 1. The van der Waals surface area contributed by atoms with Gasteiger partial charge in [-0.15, -0.1) is 0 Å². The summed E-state index contributed by atoms with van der Waals surface area (Å²) < 4.78 is 0. The number of halogens is 1. The Labute approximate surface area is 152 Å². The summed E-state index contributed by atoms with van der Waals surface area (Å²) in [5, 5.41) is 11.3. The van der Waals surface area contributed by atoms with Crippen LogP contribution in [0.2, 0.25) is 5.02 Å². The minimum atomic E-state index is 0.335. The number of piperidine rings is 1. The summed E-state index contributed by atoms with van der Waals surface area (Å²) in [6.07, 6.45) is 4.12. The molecule has 2 aromatic carbocycles. The second kappa shape index (κ2) is 7.03. The Bertz CT molecular complexity index is 871. The van der Waals surface area contributed by atoms with E-state index in [0.717, 1.165) is 48.4 Å². The number of nitrogens with zero attached hydrogens (tertiary/aromatic N) is 2. The summed E-state index contributed by atoms with van der Waals surface area (Å²) in [4.78, 5) is 7.03. The highest BCUT2D eigenvalue weighted by atomic mass is 35.5. The highest BCUT2D eigenvalue weighted by Gasteiger charge is 2.21. The molecule has 0 radical (unpaired) electrons. The van der Waals surface area contributed by atoms with Gasteiger partial charge >= 0.3 is 0 Å². The Morgan fingerprint density at radius 1 is 1.08 bits per heavy atom. The number of rotatable bonds is 3. The average Bonchev–Trinajstić information content (AvgIpc) is 2.63. The molecule has 1 aliphatic rings. The van der Waals surface area contributed by atoms with Gasteiger partial charge in [-0.05, 0) is 73.3 Å². The fourth-order valence-electron chi connectivity index (χ4n) is 3.76. The van der Waals surface area contributed by atoms with Gasteiger partial charge in [-0.25, -0.2) is 0 Å². The Morgan fingerprint density at radius 2 is 1.84 bits per heavy atom. The van der Waals surface area contributed by atoms with Crippen molar-refractivity contribution in [2.75, 3.05) is 13.1 Å². The lowest BCUT2D eigenvalue weighted by molar-refractivity contribution is 0.205. The number of phenols is 1. The first kappa shape index (κ1) is 16.4. The molecular formula is C21H21ClN2O. The molecule has 1 aromatic heterocycles. The van der Waals surface area contributed by atoms with Crippen LogP contribution in [0.4, 0.5) is 0 Å². The van der Waals surface area contributed by atoms with Gasteiger partial charge in [0.1, 0.15) is 5.75 Å². The van der Waals surface area contributed by atoms with Gasteiger partial charge in [0.05, 0.1) is 5.52 Å². The summed E-state index contributed by atoms with van der Waals surface area (Å²) in [5.74, 6) is 0.910. The highest BCUT2D eigenvalue weighted by molar-refractivity contribution is 6.31. The molecule has 0 spiro atoms. The minimum Gasteiger partial charge on any atom is -0.508 e. The lowest BCUT2D eigenvalue weighted by Crippen LogP contribution is -2.32. The second-order valence-electron chi connectivity index (χ2n) is 6.78. The fourth-order valence-corrected chi connectivity index (χ4v) is 4.01. The van der Waals surface area contributed by atoms with Gasteiger partial charge < -0.3 is 5.11 Å². The zero-order valence-electron chi connectivity index (χ0n) is 14.0. The van der Waals surface area contributed by atoms with E-state index in [0.29, 0.717) is 11.7 Å². The smallest absolute Gasteiger partial charge is 0.115 e. The zero-order chi connectivity index (χ0) is 17.2. The molecule has 0 amide bonds. The maximum Gasteiger partial charge on any atom is 0.115 e. The number of aromatic nitrogens is 1. The monoisotopic (exact) mass is 352 g/mol. The molecule has 1 saturated heterocycles. The SMILES string of the molecule is Oc1ccc(C2CCN(Cc3cc(Cl)cc4cccnc34)CC2)cc1. The van der Waals surface area contributed by atoms with Crippen molar-refractivity contribution in [3.63, 3.8) is 0 Å². The molecule has 4 heteroatoms. The zero-order valence-corrected chi connectivity index (χ0v) is 14.8. The van der Waals surface area contributed by atoms with Crippen LogP contribution < -0.4 is 0 Å². The van der Waals surface area contributed by atoms with Crippen molar-refractivity contribution in [1.29, 1.82) is 0 Å². The van der Waals surface area contributed by atoms with E-state index in [-0.39, 0.29) is 0 Å². The Kier molecular flexibility index (Phi) is 4.60. The van der Waals surface area contributed by atoms with E-state index in [2.05, 4.69) is 16.0 Å². The van der Waals surface area contributed by atoms with Crippen LogP contribution in [-0.4, -0.2) is 28.1 Å². The summed E-state index contributed by atoms with van der Waals surface area (Å²) in [6, 6.07) is 15.7. The number of fused-ring (bicyclic) bond motifs is 1. The predicted molar refractivity (Wildman–Crippen MR) is 102 cm³/mol. The molecule has 1 aliphatic heterocycles. The van der Waals surface area contributed by atoms with Crippen molar-refractivity contribution in [1.82, 2.24) is 9.88 Å². The van der Waals surface area contributed by atoms with Crippen molar-refractivity contribution in [3.8, 4) is 5.75 Å². The number of hydrogen-bond donors (Lipinski definition) is 1. The molecule has 25 heavy (non-hydrogen) atoms. The molecule has 0 saturated carbocycles. The Hall–Kier alpha value is -2.10. The normalized spacial score (nSPS) is 16.4. The first-order chi connectivity index (χ1) is 12.2. The minimum absolute atomic E-state index is 0.335. The van der Waals surface area contributed by atoms with Gasteiger partial charge in [0.25, 0.3) is 0 Å². The Morgan fingerprint density at radius 3 is 2.60 bits per heavy atom. The molecule has 3 nitrogen and oxygen atoms in total. The van der Waals surface area contributed by atoms with E-state index >= 15 is 0 Å². The van der Waals surface area contributed by atoms with Crippen LogP contribution in [-0.2, 0) is 6.54 Å². The number of aromatic hydroxyl groups is 1. The van der Waals surface area contributed by atoms with Gasteiger partial charge in [-0.2, -0.15) is 0 Å². The topological polar surface area (TPSA) is 36.4 Å². The second-order valence-corrected chi connectivity index (χ2v) is 7.22. The summed E-state index contributed by atoms with van der Waals surface area (Å²) in [6.45, 7) is 3.01. The third kappa shape index (κ3) is 3.63. The van der Waals surface area contributed by atoms with Crippen molar-refractivity contribution < 1.29 is 5.11 Å². The van der Waals surface area contributed by atoms with E-state index in [4.69, 9.17) is 11.6 Å². The Balaban J connectivity index is 1.46. The third-order valence-electron chi connectivity index (χ3n) is 5.09. The quantitative estimate of drug-likeness (QED) is 0.722. The molecule has 0 bridgehead atoms. The molecule has 4 rings (SSSR count). The number of benzene rings is 2. The van der Waals surface area contributed by atoms with Gasteiger partial charge in [0.15, 0.2) is 0 Å². The number of hydrogen-bond acceptors (Lipinski definition) is 3. The fraction of sp³-hybridized carbons (Fsp3) is 0.286. The molecule has 0 unspecified atom stereocenters. The van der Waals surface area contributed by atoms with E-state index < -0.39 is 0 Å². The largest absolute Gasteiger partial charge is 0.508 e. The van der Waals surface area contributed by atoms with Crippen molar-refractivity contribution >= 4 is 22.5 Å². The molecular weight excluding hydrogens is 332 g/mol. The van der Waals surface area contributed by atoms with Crippen LogP contribution in [0.1, 0.15) is 29.9 Å². The molecule has 128 valence electrons. The summed E-state index contributed by atoms with van der Waals surface area (Å²) in [7, 11) is 0. The maximum atomic E-state index is 9.45. The van der Waals surface area contributed by atoms with Crippen molar-refractivity contribution in [2.45, 2.75) is 25.3 Å². The summed E-state index contributed by atoms with van der Waals surface area (Å²) in [5.41, 5.74) is 3.58. The maximum absolute atomic E-state index is 9.45. The summed E-state index contributed by atoms with van der Waals surface area (Å²) >= 11 is 6.29. The van der Waals surface area contributed by atoms with Gasteiger partial charge in [-0.1, -0.05) is 29.8 Å². The van der Waals surface area contributed by atoms with Crippen molar-refractivity contribution in [2.24, 2.45) is 0 Å². The van der Waals surface area contributed by atoms with Crippen LogP contribution in [0.15, 0.2) is 54.7 Å². The number of likely N-dealkylation sites (tertiary alicyclic amines) is 1. The van der Waals surface area contributed by atoms with Crippen molar-refractivity contribution in [3.05, 3.63) is 70.9 Å². The van der Waals surface area contributed by atoms with E-state index in [9.17, 15) is 5.11 Å². The van der Waals surface area contributed by atoms with Crippen LogP contribution >= 0.6 is 11.6 Å². The molecule has 1 N–H and O–H groups in total. The van der Waals surface area contributed by atoms with Gasteiger partial charge in [0, 0.05) is 23.2 Å². The third-order valence-corrected chi connectivity index (χ3v) is 5.31. The van der Waals surface area contributed by atoms with Crippen LogP contribution in [0.5, 0.6) is 5.75 Å². The van der Waals surface area contributed by atoms with Crippen LogP contribution in [0, 0.1) is 0 Å². The van der Waals surface area contributed by atoms with E-state index in [1.807, 2.05) is 36.5 Å². The predicted octanol–water partition coefficient (Wildman–Crippen LogP) is 4.97. The first-order valence-corrected chi connectivity index (χ1v) is 9.11. The van der Waals surface area contributed by atoms with Crippen LogP contribution in [0.25, 0.3) is 10.9 Å². The lowest BCUT2D eigenvalue weighted by atomic mass is 9.89. The van der Waals surface area contributed by atoms with Gasteiger partial charge in [-0.3, -0.25) is 9.88 Å². The van der Waals surface area contributed by atoms with Crippen LogP contribution in [0.3, 0.4) is 0 Å². The highest BCUT2D eigenvalue weighted by Crippen LogP contribution is 2.30. The molecule has 1 fully saturated rings. The molecule has 0 atom stereocenters. The van der Waals surface area contributed by atoms with E-state index in [1.54, 1.807) is 12.1 Å². The lowest BCUT2D eigenvalue weighted by Gasteiger charge is -2.32. The molecule has 0 aliphatic carbocycles.